The van der Waals surface area contributed by atoms with Crippen LogP contribution in [-0.2, 0) is 22.7 Å². The van der Waals surface area contributed by atoms with E-state index in [4.69, 9.17) is 9.47 Å². The molecule has 2 N–H and O–H groups in total. The molecule has 2 aromatic carbocycles. The van der Waals surface area contributed by atoms with Crippen LogP contribution in [0.5, 0.6) is 0 Å². The van der Waals surface area contributed by atoms with E-state index in [2.05, 4.69) is 0 Å². The lowest BCUT2D eigenvalue weighted by atomic mass is 10.0. The van der Waals surface area contributed by atoms with Gasteiger partial charge < -0.3 is 19.7 Å². The number of ether oxygens (including phenoxy) is 2. The minimum Gasteiger partial charge on any atom is -0.396 e. The first kappa shape index (κ1) is 18.6. The smallest absolute Gasteiger partial charge is 0.0824 e. The van der Waals surface area contributed by atoms with Crippen molar-refractivity contribution in [2.75, 3.05) is 19.8 Å². The second-order valence-electron chi connectivity index (χ2n) is 5.84. The molecule has 0 aliphatic rings. The van der Waals surface area contributed by atoms with Gasteiger partial charge in [0.1, 0.15) is 0 Å². The highest BCUT2D eigenvalue weighted by molar-refractivity contribution is 5.14. The predicted octanol–water partition coefficient (Wildman–Crippen LogP) is 2.78. The Balaban J connectivity index is 1.62. The van der Waals surface area contributed by atoms with Gasteiger partial charge in [-0.15, -0.1) is 0 Å². The van der Waals surface area contributed by atoms with Gasteiger partial charge in [-0.25, -0.2) is 0 Å². The fraction of sp³-hybridized carbons (Fsp3) is 0.400. The SMILES string of the molecule is OC[C@H](CCOCc1ccccc1)[C@@H](O)COCc1ccccc1. The molecule has 4 heteroatoms. The molecule has 0 aromatic heterocycles. The van der Waals surface area contributed by atoms with E-state index in [-0.39, 0.29) is 19.1 Å². The van der Waals surface area contributed by atoms with Crippen molar-refractivity contribution in [2.24, 2.45) is 5.92 Å². The molecule has 2 atom stereocenters. The van der Waals surface area contributed by atoms with Crippen LogP contribution in [0.25, 0.3) is 0 Å². The van der Waals surface area contributed by atoms with Crippen molar-refractivity contribution in [3.8, 4) is 0 Å². The van der Waals surface area contributed by atoms with Gasteiger partial charge >= 0.3 is 0 Å². The highest BCUT2D eigenvalue weighted by Crippen LogP contribution is 2.11. The average Bonchev–Trinajstić information content (AvgIpc) is 2.63. The number of hydrogen-bond donors (Lipinski definition) is 2. The van der Waals surface area contributed by atoms with E-state index in [1.54, 1.807) is 0 Å². The molecular weight excluding hydrogens is 304 g/mol. The maximum Gasteiger partial charge on any atom is 0.0824 e. The van der Waals surface area contributed by atoms with E-state index in [9.17, 15) is 10.2 Å². The number of aliphatic hydroxyl groups excluding tert-OH is 2. The molecule has 0 amide bonds. The third-order valence-electron chi connectivity index (χ3n) is 3.92. The normalized spacial score (nSPS) is 13.6. The van der Waals surface area contributed by atoms with Crippen LogP contribution in [0.1, 0.15) is 17.5 Å². The van der Waals surface area contributed by atoms with Crippen molar-refractivity contribution in [2.45, 2.75) is 25.7 Å². The van der Waals surface area contributed by atoms with Crippen molar-refractivity contribution in [1.82, 2.24) is 0 Å². The Bertz CT molecular complexity index is 544. The summed E-state index contributed by atoms with van der Waals surface area (Å²) in [4.78, 5) is 0. The Morgan fingerprint density at radius 2 is 1.33 bits per heavy atom. The Morgan fingerprint density at radius 1 is 0.792 bits per heavy atom. The van der Waals surface area contributed by atoms with Gasteiger partial charge in [0, 0.05) is 19.1 Å². The third kappa shape index (κ3) is 6.81. The lowest BCUT2D eigenvalue weighted by Gasteiger charge is -2.21. The van der Waals surface area contributed by atoms with Crippen molar-refractivity contribution < 1.29 is 19.7 Å². The van der Waals surface area contributed by atoms with Gasteiger partial charge in [0.15, 0.2) is 0 Å². The monoisotopic (exact) mass is 330 g/mol. The van der Waals surface area contributed by atoms with Gasteiger partial charge in [0.05, 0.1) is 25.9 Å². The third-order valence-corrected chi connectivity index (χ3v) is 3.92. The maximum absolute atomic E-state index is 10.2. The highest BCUT2D eigenvalue weighted by atomic mass is 16.5. The minimum atomic E-state index is -0.695. The predicted molar refractivity (Wildman–Crippen MR) is 93.4 cm³/mol. The van der Waals surface area contributed by atoms with Gasteiger partial charge in [-0.1, -0.05) is 60.7 Å². The van der Waals surface area contributed by atoms with Gasteiger partial charge in [0.2, 0.25) is 0 Å². The van der Waals surface area contributed by atoms with Crippen LogP contribution in [0.15, 0.2) is 60.7 Å². The molecule has 0 saturated carbocycles. The average molecular weight is 330 g/mol. The standard InChI is InChI=1S/C20H26O4/c21-13-19(11-12-23-14-17-7-3-1-4-8-17)20(22)16-24-15-18-9-5-2-6-10-18/h1-10,19-22H,11-16H2/t19-,20-/m0/s1. The van der Waals surface area contributed by atoms with E-state index < -0.39 is 6.10 Å². The molecule has 0 aliphatic heterocycles. The van der Waals surface area contributed by atoms with Crippen LogP contribution in [0, 0.1) is 5.92 Å². The molecule has 0 radical (unpaired) electrons. The van der Waals surface area contributed by atoms with E-state index in [1.807, 2.05) is 60.7 Å². The topological polar surface area (TPSA) is 58.9 Å². The summed E-state index contributed by atoms with van der Waals surface area (Å²) >= 11 is 0. The summed E-state index contributed by atoms with van der Waals surface area (Å²) in [5.74, 6) is -0.239. The molecule has 4 nitrogen and oxygen atoms in total. The number of aliphatic hydroxyl groups is 2. The van der Waals surface area contributed by atoms with Crippen molar-refractivity contribution >= 4 is 0 Å². The molecule has 2 rings (SSSR count). The zero-order valence-electron chi connectivity index (χ0n) is 13.9. The second kappa shape index (κ2) is 10.9. The summed E-state index contributed by atoms with van der Waals surface area (Å²) in [5, 5.41) is 19.6. The molecule has 2 aromatic rings. The lowest BCUT2D eigenvalue weighted by Crippen LogP contribution is -2.29. The van der Waals surface area contributed by atoms with Crippen LogP contribution in [0.2, 0.25) is 0 Å². The first-order valence-corrected chi connectivity index (χ1v) is 8.32. The number of hydrogen-bond acceptors (Lipinski definition) is 4. The molecule has 0 bridgehead atoms. The van der Waals surface area contributed by atoms with Crippen LogP contribution < -0.4 is 0 Å². The molecule has 0 unspecified atom stereocenters. The summed E-state index contributed by atoms with van der Waals surface area (Å²) < 4.78 is 11.2. The van der Waals surface area contributed by atoms with Gasteiger partial charge in [-0.2, -0.15) is 0 Å². The Labute approximate surface area is 143 Å². The molecule has 24 heavy (non-hydrogen) atoms. The second-order valence-corrected chi connectivity index (χ2v) is 5.84. The van der Waals surface area contributed by atoms with Crippen LogP contribution >= 0.6 is 0 Å². The molecule has 0 aliphatic carbocycles. The first-order chi connectivity index (χ1) is 11.8. The lowest BCUT2D eigenvalue weighted by molar-refractivity contribution is -0.0272. The Hall–Kier alpha value is -1.72. The fourth-order valence-electron chi connectivity index (χ4n) is 2.41. The number of benzene rings is 2. The van der Waals surface area contributed by atoms with Gasteiger partial charge in [-0.05, 0) is 17.5 Å². The van der Waals surface area contributed by atoms with Crippen LogP contribution in [-0.4, -0.2) is 36.1 Å². The van der Waals surface area contributed by atoms with E-state index in [0.717, 1.165) is 11.1 Å². The van der Waals surface area contributed by atoms with E-state index in [0.29, 0.717) is 26.2 Å². The van der Waals surface area contributed by atoms with E-state index >= 15 is 0 Å². The molecule has 0 fully saturated rings. The molecule has 0 heterocycles. The number of rotatable bonds is 11. The van der Waals surface area contributed by atoms with Crippen molar-refractivity contribution in [3.63, 3.8) is 0 Å². The molecule has 0 saturated heterocycles. The zero-order chi connectivity index (χ0) is 17.0. The first-order valence-electron chi connectivity index (χ1n) is 8.32. The molecular formula is C20H26O4. The summed E-state index contributed by atoms with van der Waals surface area (Å²) in [6, 6.07) is 19.8. The van der Waals surface area contributed by atoms with Crippen molar-refractivity contribution in [1.29, 1.82) is 0 Å². The highest BCUT2D eigenvalue weighted by Gasteiger charge is 2.18. The maximum atomic E-state index is 10.2. The van der Waals surface area contributed by atoms with Gasteiger partial charge in [-0.3, -0.25) is 0 Å². The largest absolute Gasteiger partial charge is 0.396 e. The summed E-state index contributed by atoms with van der Waals surface area (Å²) in [6.07, 6.45) is -0.0989. The minimum absolute atomic E-state index is 0.0788. The summed E-state index contributed by atoms with van der Waals surface area (Å²) in [6.45, 7) is 1.62. The zero-order valence-corrected chi connectivity index (χ0v) is 13.9. The molecule has 0 spiro atoms. The molecule has 130 valence electrons. The Morgan fingerprint density at radius 3 is 1.88 bits per heavy atom. The quantitative estimate of drug-likeness (QED) is 0.622. The van der Waals surface area contributed by atoms with Crippen LogP contribution in [0.3, 0.4) is 0 Å². The van der Waals surface area contributed by atoms with E-state index in [1.165, 1.54) is 0 Å². The fourth-order valence-corrected chi connectivity index (χ4v) is 2.41. The summed E-state index contributed by atoms with van der Waals surface area (Å²) in [7, 11) is 0. The van der Waals surface area contributed by atoms with Crippen LogP contribution in [0.4, 0.5) is 0 Å². The van der Waals surface area contributed by atoms with Crippen molar-refractivity contribution in [3.05, 3.63) is 71.8 Å². The van der Waals surface area contributed by atoms with Gasteiger partial charge in [0.25, 0.3) is 0 Å². The summed E-state index contributed by atoms with van der Waals surface area (Å²) in [5.41, 5.74) is 2.18. The Kier molecular flexibility index (Phi) is 8.49.